The van der Waals surface area contributed by atoms with Crippen molar-refractivity contribution in [1.29, 1.82) is 0 Å². The molecule has 1 atom stereocenters. The Morgan fingerprint density at radius 3 is 2.06 bits per heavy atom. The van der Waals surface area contributed by atoms with Crippen molar-refractivity contribution in [3.05, 3.63) is 157 Å². The van der Waals surface area contributed by atoms with E-state index < -0.39 is 35.0 Å². The Morgan fingerprint density at radius 2 is 1.47 bits per heavy atom. The van der Waals surface area contributed by atoms with Crippen LogP contribution >= 0.6 is 69.3 Å². The van der Waals surface area contributed by atoms with Gasteiger partial charge in [0.15, 0.2) is 10.5 Å². The minimum absolute atomic E-state index is 0.0122. The molecule has 0 bridgehead atoms. The van der Waals surface area contributed by atoms with Crippen LogP contribution in [0.5, 0.6) is 11.5 Å². The number of allylic oxidation sites excluding steroid dienone is 1. The average molecular weight is 843 g/mol. The fraction of sp³-hybridized carbons (Fsp3) is 0.162. The first-order valence-corrected chi connectivity index (χ1v) is 18.3. The number of nitrogens with zero attached hydrogens (tertiary/aromatic N) is 2. The van der Waals surface area contributed by atoms with E-state index in [-0.39, 0.29) is 40.5 Å². The smallest absolute Gasteiger partial charge is 0.434 e. The van der Waals surface area contributed by atoms with E-state index in [1.165, 1.54) is 37.3 Å². The number of hydrogen-bond acceptors (Lipinski definition) is 7. The Bertz CT molecular complexity index is 2430. The number of halogens is 8. The summed E-state index contributed by atoms with van der Waals surface area (Å²) in [7, 11) is 0. The lowest BCUT2D eigenvalue weighted by molar-refractivity contribution is -0.140. The highest BCUT2D eigenvalue weighted by atomic mass is 35.5. The van der Waals surface area contributed by atoms with Crippen molar-refractivity contribution in [2.24, 2.45) is 4.99 Å². The van der Waals surface area contributed by atoms with E-state index >= 15 is 0 Å². The molecule has 0 saturated heterocycles. The lowest BCUT2D eigenvalue weighted by Crippen LogP contribution is -2.41. The molecule has 0 unspecified atom stereocenters. The molecule has 1 aliphatic heterocycles. The van der Waals surface area contributed by atoms with Gasteiger partial charge in [-0.2, -0.15) is 13.2 Å². The maximum absolute atomic E-state index is 14.5. The third-order valence-corrected chi connectivity index (χ3v) is 10.5. The Labute approximate surface area is 329 Å². The Kier molecular flexibility index (Phi) is 11.8. The fourth-order valence-corrected chi connectivity index (χ4v) is 7.14. The molecule has 7 nitrogen and oxygen atoms in total. The van der Waals surface area contributed by atoms with E-state index in [4.69, 9.17) is 72.2 Å². The SMILES string of the molecule is CCOC(=O)C1=C(C(F)(F)F)N=c2s/c(=C/c3ccc(OCc4ccc(Cl)c(Cl)c4)cc3OCc3ccc(Cl)c(Cl)c3)c(=O)n2[C@@H]1c1ccc(Cl)cc1. The standard InChI is InChI=1S/C37H24Cl5F3N2O5S/c1-2-50-35(49)31-32(21-5-8-23(38)9-6-21)47-34(48)30(53-36(47)46-33(31)37(43,44)45)15-22-7-10-24(51-17-19-3-11-25(39)27(41)13-19)16-29(22)52-18-20-4-12-26(40)28(42)14-20/h3-16,32H,2,17-18H2,1H3/b30-15+/t32-/m1/s1. The molecule has 0 N–H and O–H groups in total. The first kappa shape index (κ1) is 38.7. The Morgan fingerprint density at radius 1 is 0.849 bits per heavy atom. The van der Waals surface area contributed by atoms with Crippen LogP contribution in [0.3, 0.4) is 0 Å². The van der Waals surface area contributed by atoms with E-state index in [1.54, 1.807) is 54.6 Å². The molecular weight excluding hydrogens is 819 g/mol. The average Bonchev–Trinajstić information content (AvgIpc) is 3.43. The highest BCUT2D eigenvalue weighted by molar-refractivity contribution is 7.07. The zero-order valence-corrected chi connectivity index (χ0v) is 31.7. The number of aromatic nitrogens is 1. The Hall–Kier alpha value is -3.97. The Balaban J connectivity index is 1.46. The molecule has 0 amide bonds. The zero-order chi connectivity index (χ0) is 38.0. The molecule has 1 aromatic heterocycles. The van der Waals surface area contributed by atoms with Crippen LogP contribution in [0.15, 0.2) is 99.9 Å². The normalized spacial score (nSPS) is 14.5. The van der Waals surface area contributed by atoms with E-state index in [2.05, 4.69) is 4.99 Å². The van der Waals surface area contributed by atoms with Crippen LogP contribution in [0.25, 0.3) is 6.08 Å². The molecule has 16 heteroatoms. The van der Waals surface area contributed by atoms with Gasteiger partial charge in [-0.25, -0.2) is 9.79 Å². The number of alkyl halides is 3. The van der Waals surface area contributed by atoms with Crippen molar-refractivity contribution in [1.82, 2.24) is 4.57 Å². The van der Waals surface area contributed by atoms with Crippen LogP contribution in [-0.2, 0) is 22.7 Å². The lowest BCUT2D eigenvalue weighted by Gasteiger charge is -2.26. The number of carbonyl (C=O) groups excluding carboxylic acids is 1. The van der Waals surface area contributed by atoms with Crippen molar-refractivity contribution in [3.8, 4) is 11.5 Å². The van der Waals surface area contributed by atoms with Crippen LogP contribution in [0.1, 0.15) is 35.2 Å². The molecule has 6 rings (SSSR count). The summed E-state index contributed by atoms with van der Waals surface area (Å²) in [4.78, 5) is 30.9. The van der Waals surface area contributed by atoms with Gasteiger partial charge in [0.1, 0.15) is 24.7 Å². The molecule has 4 aromatic carbocycles. The molecule has 0 saturated carbocycles. The van der Waals surface area contributed by atoms with E-state index in [9.17, 15) is 22.8 Å². The van der Waals surface area contributed by atoms with Gasteiger partial charge >= 0.3 is 12.1 Å². The summed E-state index contributed by atoms with van der Waals surface area (Å²) in [5, 5.41) is 1.75. The zero-order valence-electron chi connectivity index (χ0n) is 27.1. The number of ether oxygens (including phenoxy) is 3. The van der Waals surface area contributed by atoms with Gasteiger partial charge in [-0.3, -0.25) is 9.36 Å². The number of carbonyl (C=O) groups is 1. The third-order valence-electron chi connectivity index (χ3n) is 7.82. The summed E-state index contributed by atoms with van der Waals surface area (Å²) in [5.74, 6) is -0.589. The van der Waals surface area contributed by atoms with Gasteiger partial charge < -0.3 is 14.2 Å². The van der Waals surface area contributed by atoms with Gasteiger partial charge in [0.2, 0.25) is 0 Å². The lowest BCUT2D eigenvalue weighted by atomic mass is 9.95. The second-order valence-corrected chi connectivity index (χ2v) is 14.5. The van der Waals surface area contributed by atoms with Crippen molar-refractivity contribution >= 4 is 81.4 Å². The summed E-state index contributed by atoms with van der Waals surface area (Å²) in [6.45, 7) is 1.42. The molecule has 53 heavy (non-hydrogen) atoms. The molecule has 0 aliphatic carbocycles. The largest absolute Gasteiger partial charge is 0.489 e. The molecule has 0 radical (unpaired) electrons. The number of hydrogen-bond donors (Lipinski definition) is 0. The van der Waals surface area contributed by atoms with Gasteiger partial charge in [-0.1, -0.05) is 93.6 Å². The number of thiazole rings is 1. The van der Waals surface area contributed by atoms with E-state index in [0.717, 1.165) is 21.5 Å². The van der Waals surface area contributed by atoms with Gasteiger partial charge in [-0.15, -0.1) is 0 Å². The number of fused-ring (bicyclic) bond motifs is 1. The minimum atomic E-state index is -5.05. The number of rotatable bonds is 10. The van der Waals surface area contributed by atoms with Gasteiger partial charge in [-0.05, 0) is 78.2 Å². The van der Waals surface area contributed by atoms with Crippen molar-refractivity contribution < 1.29 is 32.2 Å². The van der Waals surface area contributed by atoms with Crippen LogP contribution in [0, 0.1) is 0 Å². The summed E-state index contributed by atoms with van der Waals surface area (Å²) in [5.41, 5.74) is -0.976. The maximum Gasteiger partial charge on any atom is 0.434 e. The number of benzene rings is 4. The van der Waals surface area contributed by atoms with E-state index in [0.29, 0.717) is 42.0 Å². The van der Waals surface area contributed by atoms with Gasteiger partial charge in [0.25, 0.3) is 5.56 Å². The van der Waals surface area contributed by atoms with Crippen molar-refractivity contribution in [2.45, 2.75) is 32.4 Å². The van der Waals surface area contributed by atoms with Crippen molar-refractivity contribution in [3.63, 3.8) is 0 Å². The molecule has 274 valence electrons. The predicted octanol–water partition coefficient (Wildman–Crippen LogP) is 9.77. The minimum Gasteiger partial charge on any atom is -0.489 e. The molecule has 5 aromatic rings. The molecule has 0 spiro atoms. The van der Waals surface area contributed by atoms with Gasteiger partial charge in [0, 0.05) is 16.7 Å². The van der Waals surface area contributed by atoms with Crippen LogP contribution in [0.4, 0.5) is 13.2 Å². The summed E-state index contributed by atoms with van der Waals surface area (Å²) < 4.78 is 61.9. The first-order chi connectivity index (χ1) is 25.2. The van der Waals surface area contributed by atoms with Crippen LogP contribution in [-0.4, -0.2) is 23.3 Å². The predicted molar refractivity (Wildman–Crippen MR) is 200 cm³/mol. The highest BCUT2D eigenvalue weighted by Crippen LogP contribution is 2.39. The maximum atomic E-state index is 14.5. The number of esters is 1. The van der Waals surface area contributed by atoms with Crippen LogP contribution < -0.4 is 24.4 Å². The third kappa shape index (κ3) is 8.72. The monoisotopic (exact) mass is 840 g/mol. The molecule has 1 aliphatic rings. The quantitative estimate of drug-likeness (QED) is 0.131. The first-order valence-electron chi connectivity index (χ1n) is 15.6. The second-order valence-electron chi connectivity index (χ2n) is 11.4. The summed E-state index contributed by atoms with van der Waals surface area (Å²) >= 11 is 31.3. The fourth-order valence-electron chi connectivity index (χ4n) is 5.38. The van der Waals surface area contributed by atoms with Crippen LogP contribution in [0.2, 0.25) is 25.1 Å². The topological polar surface area (TPSA) is 79.1 Å². The molecular formula is C37H24Cl5F3N2O5S. The summed E-state index contributed by atoms with van der Waals surface area (Å²) in [6, 6.07) is 19.2. The highest BCUT2D eigenvalue weighted by Gasteiger charge is 2.45. The van der Waals surface area contributed by atoms with Crippen molar-refractivity contribution in [2.75, 3.05) is 6.61 Å². The second kappa shape index (κ2) is 16.2. The van der Waals surface area contributed by atoms with Gasteiger partial charge in [0.05, 0.1) is 42.8 Å². The molecule has 2 heterocycles. The molecule has 0 fully saturated rings. The summed E-state index contributed by atoms with van der Waals surface area (Å²) in [6.07, 6.45) is -3.59. The van der Waals surface area contributed by atoms with E-state index in [1.807, 2.05) is 0 Å².